The van der Waals surface area contributed by atoms with Crippen molar-refractivity contribution in [1.29, 1.82) is 0 Å². The van der Waals surface area contributed by atoms with E-state index in [2.05, 4.69) is 24.2 Å². The van der Waals surface area contributed by atoms with Crippen LogP contribution in [0, 0.1) is 6.92 Å². The third-order valence-corrected chi connectivity index (χ3v) is 0. The van der Waals surface area contributed by atoms with Crippen LogP contribution in [0.1, 0.15) is 6.92 Å². The van der Waals surface area contributed by atoms with Gasteiger partial charge in [0.05, 0.1) is 0 Å². The van der Waals surface area contributed by atoms with Crippen LogP contribution in [-0.4, -0.2) is 0 Å². The third kappa shape index (κ3) is 9.80. The maximum Gasteiger partial charge on any atom is -0.194 e. The fraction of sp³-hybridized carbons (Fsp3) is 0.500. The van der Waals surface area contributed by atoms with Gasteiger partial charge in [0.1, 0.15) is 0 Å². The minimum absolute atomic E-state index is 1.75. The van der Waals surface area contributed by atoms with Crippen LogP contribution in [0.5, 0.6) is 0 Å². The summed E-state index contributed by atoms with van der Waals surface area (Å²) < 4.78 is 0. The van der Waals surface area contributed by atoms with Crippen molar-refractivity contribution in [1.82, 2.24) is 0 Å². The topological polar surface area (TPSA) is 0 Å². The van der Waals surface area contributed by atoms with E-state index >= 15 is 0 Å². The van der Waals surface area contributed by atoms with Crippen LogP contribution >= 0.6 is 19.0 Å². The molecule has 0 aliphatic rings. The predicted octanol–water partition coefficient (Wildman–Crippen LogP) is 1.72. The molecule has 0 aliphatic heterocycles. The fourth-order valence-corrected chi connectivity index (χ4v) is 0. The summed E-state index contributed by atoms with van der Waals surface area (Å²) in [6.45, 7) is 5.00. The molecule has 0 amide bonds. The second-order valence-corrected chi connectivity index (χ2v) is 0. The van der Waals surface area contributed by atoms with Crippen molar-refractivity contribution in [3.05, 3.63) is 6.92 Å². The quantitative estimate of drug-likeness (QED) is 0.355. The first-order chi connectivity index (χ1) is 2.00. The molecule has 4 heavy (non-hydrogen) atoms. The van der Waals surface area contributed by atoms with E-state index in [1.54, 1.807) is 6.92 Å². The fourth-order valence-electron chi connectivity index (χ4n) is 0. The van der Waals surface area contributed by atoms with Crippen molar-refractivity contribution in [3.8, 4) is 0 Å². The Balaban J connectivity index is 0. The summed E-state index contributed by atoms with van der Waals surface area (Å²) >= 11 is 4.88. The molecule has 0 saturated heterocycles. The van der Waals surface area contributed by atoms with Gasteiger partial charge in [-0.05, 0) is 0 Å². The van der Waals surface area contributed by atoms with Crippen LogP contribution in [0.3, 0.4) is 0 Å². The standard InChI is InChI=1S/C2H5.Ag.HI/c1-2;;/h1H2,2H3;;1H/q-1;+1;/p-1. The molecule has 0 spiro atoms. The maximum absolute atomic E-state index is 3.25. The molecule has 0 saturated carbocycles. The van der Waals surface area contributed by atoms with E-state index in [1.165, 1.54) is 0 Å². The van der Waals surface area contributed by atoms with Gasteiger partial charge in [-0.2, -0.15) is 6.92 Å². The van der Waals surface area contributed by atoms with Crippen LogP contribution in [0.2, 0.25) is 0 Å². The number of rotatable bonds is 0. The Labute approximate surface area is 49.8 Å². The number of halogens is 1. The van der Waals surface area contributed by atoms with Gasteiger partial charge in [0, 0.05) is 0 Å². The zero-order valence-electron chi connectivity index (χ0n) is 2.39. The first-order valence-electron chi connectivity index (χ1n) is 0.821. The van der Waals surface area contributed by atoms with Crippen molar-refractivity contribution < 1.29 is 17.3 Å². The maximum atomic E-state index is 3.25. The summed E-state index contributed by atoms with van der Waals surface area (Å²) in [6.07, 6.45) is 0. The molecule has 0 rings (SSSR count). The number of hydrogen-bond donors (Lipinski definition) is 0. The normalized spacial score (nSPS) is 3.25. The molecule has 0 nitrogen and oxygen atoms in total. The molecule has 0 aromatic rings. The first-order valence-corrected chi connectivity index (χ1v) is 5.23. The molecule has 0 aromatic heterocycles. The van der Waals surface area contributed by atoms with Crippen LogP contribution < -0.4 is 0 Å². The third-order valence-electron chi connectivity index (χ3n) is 0. The Morgan fingerprint density at radius 1 is 1.50 bits per heavy atom. The van der Waals surface area contributed by atoms with E-state index in [-0.39, 0.29) is 0 Å². The summed E-state index contributed by atoms with van der Waals surface area (Å²) in [7, 11) is 0. The van der Waals surface area contributed by atoms with Crippen molar-refractivity contribution in [2.75, 3.05) is 0 Å². The molecule has 0 aromatic carbocycles. The van der Waals surface area contributed by atoms with Gasteiger partial charge in [0.15, 0.2) is 0 Å². The molecule has 2 heteroatoms. The van der Waals surface area contributed by atoms with E-state index in [0.29, 0.717) is 0 Å². The van der Waals surface area contributed by atoms with Crippen LogP contribution in [-0.2, 0) is 17.3 Å². The van der Waals surface area contributed by atoms with Gasteiger partial charge in [0.25, 0.3) is 0 Å². The Bertz CT molecular complexity index is 6.00. The minimum Gasteiger partial charge on any atom is -0.346 e. The van der Waals surface area contributed by atoms with E-state index in [0.717, 1.165) is 0 Å². The van der Waals surface area contributed by atoms with Gasteiger partial charge in [-0.15, -0.1) is 0 Å². The molecule has 0 unspecified atom stereocenters. The molecule has 0 atom stereocenters. The van der Waals surface area contributed by atoms with E-state index < -0.39 is 0 Å². The zero-order valence-corrected chi connectivity index (χ0v) is 6.03. The zero-order chi connectivity index (χ0) is 4.00. The largest absolute Gasteiger partial charge is 0.346 e. The van der Waals surface area contributed by atoms with Crippen LogP contribution in [0.15, 0.2) is 0 Å². The second-order valence-electron chi connectivity index (χ2n) is 0. The summed E-state index contributed by atoms with van der Waals surface area (Å²) in [4.78, 5) is 0. The average Bonchev–Trinajstić information content (AvgIpc) is 1.50. The molecule has 0 radical (unpaired) electrons. The molecular formula is C2H5AgI-. The van der Waals surface area contributed by atoms with Gasteiger partial charge in [-0.1, -0.05) is 0 Å². The van der Waals surface area contributed by atoms with Crippen molar-refractivity contribution in [2.45, 2.75) is 6.92 Å². The summed E-state index contributed by atoms with van der Waals surface area (Å²) in [5, 5.41) is 0. The Hall–Kier alpha value is 1.47. The number of hydrogen-bond acceptors (Lipinski definition) is 0. The molecule has 32 valence electrons. The van der Waals surface area contributed by atoms with Crippen molar-refractivity contribution in [2.24, 2.45) is 0 Å². The molecule has 0 fully saturated rings. The molecule has 0 aliphatic carbocycles. The monoisotopic (exact) mass is 263 g/mol. The summed E-state index contributed by atoms with van der Waals surface area (Å²) in [6, 6.07) is 0. The Kier molecular flexibility index (Phi) is 56.5. The first kappa shape index (κ1) is 9.08. The van der Waals surface area contributed by atoms with Crippen LogP contribution in [0.25, 0.3) is 0 Å². The smallest absolute Gasteiger partial charge is 0.194 e. The molecule has 0 heterocycles. The Morgan fingerprint density at radius 3 is 1.50 bits per heavy atom. The van der Waals surface area contributed by atoms with E-state index in [1.807, 2.05) is 19.0 Å². The second kappa shape index (κ2) is 24.9. The summed E-state index contributed by atoms with van der Waals surface area (Å²) in [5.74, 6) is 0. The summed E-state index contributed by atoms with van der Waals surface area (Å²) in [5.41, 5.74) is 0. The minimum atomic E-state index is 1.75. The van der Waals surface area contributed by atoms with Gasteiger partial charge < -0.3 is 6.92 Å². The van der Waals surface area contributed by atoms with Gasteiger partial charge in [-0.3, -0.25) is 0 Å². The van der Waals surface area contributed by atoms with Crippen molar-refractivity contribution >= 4 is 19.0 Å². The van der Waals surface area contributed by atoms with Gasteiger partial charge in [0.2, 0.25) is 0 Å². The van der Waals surface area contributed by atoms with Crippen molar-refractivity contribution in [3.63, 3.8) is 0 Å². The van der Waals surface area contributed by atoms with Gasteiger partial charge >= 0.3 is 36.3 Å². The van der Waals surface area contributed by atoms with Crippen LogP contribution in [0.4, 0.5) is 0 Å². The molecular weight excluding hydrogens is 259 g/mol. The SMILES string of the molecule is [Ag][I].[CH2-]C. The predicted molar refractivity (Wildman–Crippen MR) is 25.1 cm³/mol. The Morgan fingerprint density at radius 2 is 1.50 bits per heavy atom. The van der Waals surface area contributed by atoms with E-state index in [4.69, 9.17) is 0 Å². The average molecular weight is 264 g/mol. The van der Waals surface area contributed by atoms with Gasteiger partial charge in [-0.25, -0.2) is 0 Å². The molecule has 0 bridgehead atoms. The molecule has 0 N–H and O–H groups in total. The van der Waals surface area contributed by atoms with E-state index in [9.17, 15) is 0 Å².